The molecule has 3 aromatic carbocycles. The van der Waals surface area contributed by atoms with E-state index in [2.05, 4.69) is 29.0 Å². The Balaban J connectivity index is 1.70. The van der Waals surface area contributed by atoms with Crippen molar-refractivity contribution in [2.45, 2.75) is 6.54 Å². The Hall–Kier alpha value is -3.61. The van der Waals surface area contributed by atoms with Crippen LogP contribution in [0.5, 0.6) is 11.5 Å². The predicted molar refractivity (Wildman–Crippen MR) is 147 cm³/mol. The highest BCUT2D eigenvalue weighted by Crippen LogP contribution is 2.34. The Bertz CT molecular complexity index is 1240. The van der Waals surface area contributed by atoms with Crippen molar-refractivity contribution in [3.8, 4) is 22.6 Å². The van der Waals surface area contributed by atoms with Gasteiger partial charge in [0.05, 0.1) is 7.11 Å². The van der Waals surface area contributed by atoms with Crippen LogP contribution in [-0.2, 0) is 6.54 Å². The van der Waals surface area contributed by atoms with Gasteiger partial charge in [-0.1, -0.05) is 36.4 Å². The van der Waals surface area contributed by atoms with Crippen molar-refractivity contribution in [2.75, 3.05) is 59.3 Å². The topological polar surface area (TPSA) is 56.3 Å². The Kier molecular flexibility index (Phi) is 8.08. The van der Waals surface area contributed by atoms with Crippen LogP contribution in [0.1, 0.15) is 21.5 Å². The molecule has 0 atom stereocenters. The monoisotopic (exact) mass is 485 g/mol. The number of benzene rings is 3. The number of piperazine rings is 1. The van der Waals surface area contributed by atoms with Gasteiger partial charge in [-0.25, -0.2) is 0 Å². The second-order valence-electron chi connectivity index (χ2n) is 9.55. The average molecular weight is 486 g/mol. The van der Waals surface area contributed by atoms with E-state index < -0.39 is 0 Å². The molecule has 0 radical (unpaired) electrons. The second-order valence-corrected chi connectivity index (χ2v) is 9.55. The summed E-state index contributed by atoms with van der Waals surface area (Å²) in [5.41, 5.74) is 5.22. The molecule has 188 valence electrons. The molecule has 3 aromatic rings. The lowest BCUT2D eigenvalue weighted by Crippen LogP contribution is -2.45. The van der Waals surface area contributed by atoms with Crippen molar-refractivity contribution in [1.82, 2.24) is 9.80 Å². The fourth-order valence-electron chi connectivity index (χ4n) is 4.55. The second kappa shape index (κ2) is 11.4. The number of hydrogen-bond donors (Lipinski definition) is 1. The van der Waals surface area contributed by atoms with E-state index in [4.69, 9.17) is 4.74 Å². The van der Waals surface area contributed by atoms with Crippen molar-refractivity contribution in [2.24, 2.45) is 0 Å². The number of methoxy groups -OCH3 is 1. The van der Waals surface area contributed by atoms with Gasteiger partial charge < -0.3 is 24.5 Å². The predicted octanol–water partition coefficient (Wildman–Crippen LogP) is 4.78. The van der Waals surface area contributed by atoms with Crippen LogP contribution < -0.4 is 9.64 Å². The first-order valence-corrected chi connectivity index (χ1v) is 12.3. The lowest BCUT2D eigenvalue weighted by molar-refractivity contribution is 0.104. The molecule has 6 heteroatoms. The van der Waals surface area contributed by atoms with Crippen LogP contribution >= 0.6 is 0 Å². The van der Waals surface area contributed by atoms with Gasteiger partial charge in [0, 0.05) is 55.1 Å². The first-order valence-electron chi connectivity index (χ1n) is 12.3. The third-order valence-electron chi connectivity index (χ3n) is 6.54. The molecule has 1 heterocycles. The minimum Gasteiger partial charge on any atom is -0.508 e. The van der Waals surface area contributed by atoms with Gasteiger partial charge in [-0.2, -0.15) is 0 Å². The van der Waals surface area contributed by atoms with Crippen LogP contribution in [0.4, 0.5) is 5.69 Å². The standard InChI is InChI=1S/C30H35N3O3/c1-31(2)21-24-19-22(9-13-28(24)34)10-14-29(35)26-20-23(25-7-5-6-8-30(25)36-4)11-12-27(26)33-17-15-32(3)16-18-33/h5-14,19-20,34H,15-18,21H2,1-4H3/b14-10+. The Morgan fingerprint density at radius 2 is 1.78 bits per heavy atom. The highest BCUT2D eigenvalue weighted by Gasteiger charge is 2.20. The smallest absolute Gasteiger partial charge is 0.187 e. The Morgan fingerprint density at radius 1 is 1.03 bits per heavy atom. The number of phenols is 1. The number of nitrogens with zero attached hydrogens (tertiary/aromatic N) is 3. The van der Waals surface area contributed by atoms with E-state index in [0.29, 0.717) is 12.1 Å². The summed E-state index contributed by atoms with van der Waals surface area (Å²) >= 11 is 0. The zero-order valence-corrected chi connectivity index (χ0v) is 21.6. The summed E-state index contributed by atoms with van der Waals surface area (Å²) in [5.74, 6) is 0.980. The molecule has 36 heavy (non-hydrogen) atoms. The van der Waals surface area contributed by atoms with Crippen LogP contribution in [0.3, 0.4) is 0 Å². The molecule has 1 aliphatic rings. The van der Waals surface area contributed by atoms with Crippen molar-refractivity contribution < 1.29 is 14.6 Å². The number of carbonyl (C=O) groups is 1. The summed E-state index contributed by atoms with van der Waals surface area (Å²) in [7, 11) is 7.70. The van der Waals surface area contributed by atoms with Gasteiger partial charge in [0.25, 0.3) is 0 Å². The summed E-state index contributed by atoms with van der Waals surface area (Å²) in [6.07, 6.45) is 3.46. The number of aromatic hydroxyl groups is 1. The van der Waals surface area contributed by atoms with Crippen LogP contribution in [0.15, 0.2) is 66.7 Å². The van der Waals surface area contributed by atoms with Crippen molar-refractivity contribution in [3.63, 3.8) is 0 Å². The maximum absolute atomic E-state index is 13.6. The van der Waals surface area contributed by atoms with Gasteiger partial charge in [-0.15, -0.1) is 0 Å². The zero-order chi connectivity index (χ0) is 25.7. The SMILES string of the molecule is COc1ccccc1-c1ccc(N2CCN(C)CC2)c(C(=O)/C=C/c2ccc(O)c(CN(C)C)c2)c1. The van der Waals surface area contributed by atoms with E-state index in [0.717, 1.165) is 59.9 Å². The highest BCUT2D eigenvalue weighted by molar-refractivity contribution is 6.11. The summed E-state index contributed by atoms with van der Waals surface area (Å²) in [6.45, 7) is 4.29. The van der Waals surface area contributed by atoms with E-state index in [1.807, 2.05) is 67.5 Å². The first kappa shape index (κ1) is 25.5. The van der Waals surface area contributed by atoms with E-state index in [1.54, 1.807) is 19.3 Å². The Morgan fingerprint density at radius 3 is 2.50 bits per heavy atom. The molecule has 0 aromatic heterocycles. The summed E-state index contributed by atoms with van der Waals surface area (Å²) < 4.78 is 5.57. The summed E-state index contributed by atoms with van der Waals surface area (Å²) in [5, 5.41) is 10.2. The van der Waals surface area contributed by atoms with Crippen LogP contribution in [0, 0.1) is 0 Å². The first-order chi connectivity index (χ1) is 17.4. The number of hydrogen-bond acceptors (Lipinski definition) is 6. The van der Waals surface area contributed by atoms with Gasteiger partial charge in [0.15, 0.2) is 5.78 Å². The number of anilines is 1. The molecule has 1 fully saturated rings. The minimum absolute atomic E-state index is 0.0529. The lowest BCUT2D eigenvalue weighted by atomic mass is 9.97. The molecule has 0 amide bonds. The number of para-hydroxylation sites is 1. The van der Waals surface area contributed by atoms with Gasteiger partial charge >= 0.3 is 0 Å². The quantitative estimate of drug-likeness (QED) is 0.366. The van der Waals surface area contributed by atoms with Gasteiger partial charge in [0.2, 0.25) is 0 Å². The van der Waals surface area contributed by atoms with E-state index in [-0.39, 0.29) is 11.5 Å². The molecule has 1 aliphatic heterocycles. The van der Waals surface area contributed by atoms with Crippen molar-refractivity contribution in [3.05, 3.63) is 83.4 Å². The number of carbonyl (C=O) groups excluding carboxylic acids is 1. The molecule has 4 rings (SSSR count). The molecule has 0 unspecified atom stereocenters. The zero-order valence-electron chi connectivity index (χ0n) is 21.6. The maximum Gasteiger partial charge on any atom is 0.187 e. The van der Waals surface area contributed by atoms with Crippen LogP contribution in [0.2, 0.25) is 0 Å². The molecule has 0 aliphatic carbocycles. The molecule has 0 spiro atoms. The number of likely N-dealkylation sites (N-methyl/N-ethyl adjacent to an activating group) is 1. The lowest BCUT2D eigenvalue weighted by Gasteiger charge is -2.35. The third-order valence-corrected chi connectivity index (χ3v) is 6.54. The van der Waals surface area contributed by atoms with E-state index in [9.17, 15) is 9.90 Å². The third kappa shape index (κ3) is 5.96. The average Bonchev–Trinajstić information content (AvgIpc) is 2.89. The van der Waals surface area contributed by atoms with E-state index in [1.165, 1.54) is 0 Å². The number of phenolic OH excluding ortho intramolecular Hbond substituents is 1. The Labute approximate surface area is 214 Å². The van der Waals surface area contributed by atoms with E-state index >= 15 is 0 Å². The van der Waals surface area contributed by atoms with Crippen molar-refractivity contribution >= 4 is 17.5 Å². The molecule has 6 nitrogen and oxygen atoms in total. The van der Waals surface area contributed by atoms with Gasteiger partial charge in [-0.3, -0.25) is 4.79 Å². The molecule has 1 N–H and O–H groups in total. The largest absolute Gasteiger partial charge is 0.508 e. The fraction of sp³-hybridized carbons (Fsp3) is 0.300. The van der Waals surface area contributed by atoms with Crippen molar-refractivity contribution in [1.29, 1.82) is 0 Å². The molecule has 0 bridgehead atoms. The number of allylic oxidation sites excluding steroid dienone is 1. The van der Waals surface area contributed by atoms with Gasteiger partial charge in [-0.05, 0) is 68.7 Å². The van der Waals surface area contributed by atoms with Crippen LogP contribution in [0.25, 0.3) is 17.2 Å². The number of ketones is 1. The number of rotatable bonds is 8. The molecule has 1 saturated heterocycles. The fourth-order valence-corrected chi connectivity index (χ4v) is 4.55. The maximum atomic E-state index is 13.6. The minimum atomic E-state index is -0.0529. The summed E-state index contributed by atoms with van der Waals surface area (Å²) in [4.78, 5) is 20.2. The van der Waals surface area contributed by atoms with Gasteiger partial charge in [0.1, 0.15) is 11.5 Å². The molecule has 0 saturated carbocycles. The van der Waals surface area contributed by atoms with Crippen LogP contribution in [-0.4, -0.2) is 75.1 Å². The normalized spacial score (nSPS) is 14.5. The summed E-state index contributed by atoms with van der Waals surface area (Å²) in [6, 6.07) is 19.4. The molecular formula is C30H35N3O3. The molecular weight excluding hydrogens is 450 g/mol. The number of ether oxygens (including phenoxy) is 1. The highest BCUT2D eigenvalue weighted by atomic mass is 16.5.